The molecule has 0 bridgehead atoms. The summed E-state index contributed by atoms with van der Waals surface area (Å²) in [6, 6.07) is 0. The third-order valence-electron chi connectivity index (χ3n) is 4.55. The number of hydrogen-bond donors (Lipinski definition) is 3. The smallest absolute Gasteiger partial charge is 0.191 e. The number of guanidine groups is 1. The SMILES string of the molecule is CCNC(=NCc1c(C)nn(C)c1C)NCC1CCCC1O. The van der Waals surface area contributed by atoms with E-state index in [1.807, 2.05) is 18.7 Å². The highest BCUT2D eigenvalue weighted by atomic mass is 16.3. The molecule has 2 unspecified atom stereocenters. The predicted molar refractivity (Wildman–Crippen MR) is 88.8 cm³/mol. The molecule has 2 rings (SSSR count). The molecule has 0 aromatic carbocycles. The third kappa shape index (κ3) is 4.00. The van der Waals surface area contributed by atoms with E-state index in [1.165, 1.54) is 5.56 Å². The Kier molecular flexibility index (Phi) is 5.83. The lowest BCUT2D eigenvalue weighted by Crippen LogP contribution is -2.41. The average molecular weight is 307 g/mol. The Hall–Kier alpha value is -1.56. The van der Waals surface area contributed by atoms with Gasteiger partial charge < -0.3 is 15.7 Å². The molecule has 1 fully saturated rings. The molecule has 6 nitrogen and oxygen atoms in total. The van der Waals surface area contributed by atoms with Crippen molar-refractivity contribution in [3.8, 4) is 0 Å². The molecule has 1 saturated carbocycles. The van der Waals surface area contributed by atoms with Gasteiger partial charge in [-0.1, -0.05) is 6.42 Å². The first-order valence-corrected chi connectivity index (χ1v) is 8.22. The molecule has 1 aromatic heterocycles. The van der Waals surface area contributed by atoms with Crippen molar-refractivity contribution < 1.29 is 5.11 Å². The molecule has 1 heterocycles. The topological polar surface area (TPSA) is 74.5 Å². The monoisotopic (exact) mass is 307 g/mol. The molecule has 0 aliphatic heterocycles. The van der Waals surface area contributed by atoms with Crippen molar-refractivity contribution in [2.75, 3.05) is 13.1 Å². The standard InChI is InChI=1S/C16H29N5O/c1-5-17-16(18-9-13-7-6-8-15(13)22)19-10-14-11(2)20-21(4)12(14)3/h13,15,22H,5-10H2,1-4H3,(H2,17,18,19). The Morgan fingerprint density at radius 2 is 2.14 bits per heavy atom. The van der Waals surface area contributed by atoms with Crippen LogP contribution in [-0.4, -0.2) is 40.0 Å². The zero-order valence-corrected chi connectivity index (χ0v) is 14.2. The van der Waals surface area contributed by atoms with E-state index >= 15 is 0 Å². The van der Waals surface area contributed by atoms with E-state index in [1.54, 1.807) is 0 Å². The van der Waals surface area contributed by atoms with Crippen LogP contribution in [0.25, 0.3) is 0 Å². The van der Waals surface area contributed by atoms with Gasteiger partial charge in [-0.2, -0.15) is 5.10 Å². The molecular weight excluding hydrogens is 278 g/mol. The number of nitrogens with zero attached hydrogens (tertiary/aromatic N) is 3. The first-order chi connectivity index (χ1) is 10.5. The quantitative estimate of drug-likeness (QED) is 0.565. The lowest BCUT2D eigenvalue weighted by molar-refractivity contribution is 0.134. The minimum absolute atomic E-state index is 0.168. The number of aliphatic hydroxyl groups excluding tert-OH is 1. The van der Waals surface area contributed by atoms with Gasteiger partial charge in [0.25, 0.3) is 0 Å². The Bertz CT molecular complexity index is 523. The molecule has 0 spiro atoms. The number of aryl methyl sites for hydroxylation is 2. The number of nitrogens with one attached hydrogen (secondary N) is 2. The summed E-state index contributed by atoms with van der Waals surface area (Å²) in [7, 11) is 1.96. The number of aliphatic imine (C=N–C) groups is 1. The molecule has 124 valence electrons. The summed E-state index contributed by atoms with van der Waals surface area (Å²) in [5.74, 6) is 1.15. The highest BCUT2D eigenvalue weighted by Crippen LogP contribution is 2.24. The second-order valence-electron chi connectivity index (χ2n) is 6.11. The van der Waals surface area contributed by atoms with Gasteiger partial charge in [0.05, 0.1) is 18.3 Å². The van der Waals surface area contributed by atoms with Crippen LogP contribution < -0.4 is 10.6 Å². The first kappa shape index (κ1) is 16.8. The van der Waals surface area contributed by atoms with Crippen molar-refractivity contribution >= 4 is 5.96 Å². The van der Waals surface area contributed by atoms with E-state index in [2.05, 4.69) is 34.6 Å². The normalized spacial score (nSPS) is 22.1. The minimum atomic E-state index is -0.168. The van der Waals surface area contributed by atoms with Crippen LogP contribution in [0.2, 0.25) is 0 Å². The Morgan fingerprint density at radius 3 is 2.68 bits per heavy atom. The zero-order chi connectivity index (χ0) is 16.1. The number of hydrogen-bond acceptors (Lipinski definition) is 3. The highest BCUT2D eigenvalue weighted by Gasteiger charge is 2.25. The zero-order valence-electron chi connectivity index (χ0n) is 14.2. The van der Waals surface area contributed by atoms with E-state index in [0.29, 0.717) is 12.5 Å². The fourth-order valence-electron chi connectivity index (χ4n) is 3.03. The summed E-state index contributed by atoms with van der Waals surface area (Å²) < 4.78 is 1.90. The van der Waals surface area contributed by atoms with E-state index < -0.39 is 0 Å². The van der Waals surface area contributed by atoms with Crippen LogP contribution in [-0.2, 0) is 13.6 Å². The third-order valence-corrected chi connectivity index (χ3v) is 4.55. The minimum Gasteiger partial charge on any atom is -0.393 e. The van der Waals surface area contributed by atoms with Gasteiger partial charge in [0, 0.05) is 37.3 Å². The van der Waals surface area contributed by atoms with Gasteiger partial charge >= 0.3 is 0 Å². The van der Waals surface area contributed by atoms with Crippen LogP contribution in [0, 0.1) is 19.8 Å². The Balaban J connectivity index is 1.97. The lowest BCUT2D eigenvalue weighted by Gasteiger charge is -2.17. The summed E-state index contributed by atoms with van der Waals surface area (Å²) in [5.41, 5.74) is 3.37. The molecule has 2 atom stereocenters. The summed E-state index contributed by atoms with van der Waals surface area (Å²) in [5, 5.41) is 21.0. The summed E-state index contributed by atoms with van der Waals surface area (Å²) in [6.45, 7) is 8.37. The van der Waals surface area contributed by atoms with Gasteiger partial charge in [-0.05, 0) is 33.6 Å². The molecule has 0 radical (unpaired) electrons. The van der Waals surface area contributed by atoms with Crippen LogP contribution in [0.4, 0.5) is 0 Å². The highest BCUT2D eigenvalue weighted by molar-refractivity contribution is 5.79. The van der Waals surface area contributed by atoms with E-state index in [9.17, 15) is 5.11 Å². The lowest BCUT2D eigenvalue weighted by atomic mass is 10.1. The Morgan fingerprint density at radius 1 is 1.36 bits per heavy atom. The van der Waals surface area contributed by atoms with Crippen LogP contribution in [0.3, 0.4) is 0 Å². The maximum absolute atomic E-state index is 9.90. The van der Waals surface area contributed by atoms with Crippen molar-refractivity contribution in [2.24, 2.45) is 18.0 Å². The van der Waals surface area contributed by atoms with Crippen molar-refractivity contribution in [2.45, 2.75) is 52.7 Å². The van der Waals surface area contributed by atoms with Gasteiger partial charge in [0.15, 0.2) is 5.96 Å². The molecule has 3 N–H and O–H groups in total. The largest absolute Gasteiger partial charge is 0.393 e. The second-order valence-corrected chi connectivity index (χ2v) is 6.11. The van der Waals surface area contributed by atoms with Crippen molar-refractivity contribution in [3.63, 3.8) is 0 Å². The van der Waals surface area contributed by atoms with Crippen LogP contribution in [0.1, 0.15) is 43.1 Å². The molecular formula is C16H29N5O. The van der Waals surface area contributed by atoms with E-state index in [-0.39, 0.29) is 6.10 Å². The van der Waals surface area contributed by atoms with Crippen molar-refractivity contribution in [1.29, 1.82) is 0 Å². The molecule has 1 aromatic rings. The number of rotatable bonds is 5. The second kappa shape index (κ2) is 7.63. The van der Waals surface area contributed by atoms with Gasteiger partial charge in [0.1, 0.15) is 0 Å². The van der Waals surface area contributed by atoms with Crippen molar-refractivity contribution in [3.05, 3.63) is 17.0 Å². The van der Waals surface area contributed by atoms with Gasteiger partial charge in [-0.25, -0.2) is 4.99 Å². The summed E-state index contributed by atoms with van der Waals surface area (Å²) in [4.78, 5) is 4.66. The molecule has 22 heavy (non-hydrogen) atoms. The van der Waals surface area contributed by atoms with E-state index in [0.717, 1.165) is 49.7 Å². The number of aromatic nitrogens is 2. The number of aliphatic hydroxyl groups is 1. The Labute approximate surface area is 133 Å². The maximum Gasteiger partial charge on any atom is 0.191 e. The average Bonchev–Trinajstić information content (AvgIpc) is 2.99. The van der Waals surface area contributed by atoms with Gasteiger partial charge in [0.2, 0.25) is 0 Å². The molecule has 0 amide bonds. The van der Waals surface area contributed by atoms with Gasteiger partial charge in [-0.15, -0.1) is 0 Å². The molecule has 0 saturated heterocycles. The van der Waals surface area contributed by atoms with Crippen LogP contribution in [0.15, 0.2) is 4.99 Å². The van der Waals surface area contributed by atoms with Crippen LogP contribution in [0.5, 0.6) is 0 Å². The summed E-state index contributed by atoms with van der Waals surface area (Å²) >= 11 is 0. The molecule has 1 aliphatic carbocycles. The molecule has 1 aliphatic rings. The fraction of sp³-hybridized carbons (Fsp3) is 0.750. The van der Waals surface area contributed by atoms with Crippen LogP contribution >= 0.6 is 0 Å². The molecule has 6 heteroatoms. The van der Waals surface area contributed by atoms with Gasteiger partial charge in [-0.3, -0.25) is 4.68 Å². The van der Waals surface area contributed by atoms with E-state index in [4.69, 9.17) is 0 Å². The summed E-state index contributed by atoms with van der Waals surface area (Å²) in [6.07, 6.45) is 2.97. The maximum atomic E-state index is 9.90. The first-order valence-electron chi connectivity index (χ1n) is 8.22. The van der Waals surface area contributed by atoms with Crippen molar-refractivity contribution in [1.82, 2.24) is 20.4 Å². The predicted octanol–water partition coefficient (Wildman–Crippen LogP) is 1.25. The fourth-order valence-corrected chi connectivity index (χ4v) is 3.03.